The Morgan fingerprint density at radius 1 is 0.950 bits per heavy atom. The minimum absolute atomic E-state index is 0.704. The molecule has 0 aromatic carbocycles. The van der Waals surface area contributed by atoms with Gasteiger partial charge >= 0.3 is 0 Å². The lowest BCUT2D eigenvalue weighted by atomic mass is 10.3. The molecule has 4 heterocycles. The summed E-state index contributed by atoms with van der Waals surface area (Å²) < 4.78 is 5.29. The number of anilines is 2. The topological polar surface area (TPSA) is 76.9 Å². The van der Waals surface area contributed by atoms with E-state index >= 15 is 0 Å². The summed E-state index contributed by atoms with van der Waals surface area (Å²) in [5, 5.41) is 9.84. The normalized spacial score (nSPS) is 17.2. The molecule has 4 rings (SSSR count). The average molecular weight is 275 g/mol. The smallest absolute Gasteiger partial charge is 0.107 e. The maximum absolute atomic E-state index is 5.29. The van der Waals surface area contributed by atoms with E-state index in [4.69, 9.17) is 4.74 Å². The fourth-order valence-corrected chi connectivity index (χ4v) is 2.33. The molecular weight excluding hydrogens is 254 g/mol. The predicted molar refractivity (Wildman–Crippen MR) is 79.9 cm³/mol. The van der Waals surface area contributed by atoms with Crippen LogP contribution in [0.2, 0.25) is 0 Å². The van der Waals surface area contributed by atoms with Gasteiger partial charge in [-0.25, -0.2) is 0 Å². The summed E-state index contributed by atoms with van der Waals surface area (Å²) in [5.74, 6) is 1.17. The van der Waals surface area contributed by atoms with Crippen molar-refractivity contribution in [2.45, 2.75) is 13.2 Å². The van der Waals surface area contributed by atoms with Crippen molar-refractivity contribution in [1.82, 2.24) is 15.3 Å². The lowest BCUT2D eigenvalue weighted by Gasteiger charge is -1.98. The molecule has 0 amide bonds. The number of hydrogen-bond acceptors (Lipinski definition) is 4. The first-order chi connectivity index (χ1) is 9.93. The zero-order valence-electron chi connectivity index (χ0n) is 11.5. The predicted octanol–water partition coefficient (Wildman–Crippen LogP) is 1.49. The number of fused-ring (bicyclic) bond motifs is 2. The molecule has 20 heavy (non-hydrogen) atoms. The van der Waals surface area contributed by atoms with Crippen molar-refractivity contribution in [3.63, 3.8) is 0 Å². The van der Waals surface area contributed by atoms with Crippen molar-refractivity contribution in [2.24, 2.45) is 0 Å². The van der Waals surface area contributed by atoms with Crippen molar-refractivity contribution in [2.75, 3.05) is 36.9 Å². The quantitative estimate of drug-likeness (QED) is 0.505. The Labute approximate surface area is 118 Å². The van der Waals surface area contributed by atoms with E-state index in [1.807, 2.05) is 18.5 Å². The van der Waals surface area contributed by atoms with E-state index in [0.29, 0.717) is 6.61 Å². The third-order valence-corrected chi connectivity index (χ3v) is 3.39. The van der Waals surface area contributed by atoms with Gasteiger partial charge in [0, 0.05) is 44.1 Å². The van der Waals surface area contributed by atoms with Crippen LogP contribution in [0.5, 0.6) is 0 Å². The van der Waals surface area contributed by atoms with Gasteiger partial charge in [0.15, 0.2) is 0 Å². The van der Waals surface area contributed by atoms with Crippen LogP contribution >= 0.6 is 0 Å². The van der Waals surface area contributed by atoms with Crippen LogP contribution in [-0.2, 0) is 17.9 Å². The fourth-order valence-electron chi connectivity index (χ4n) is 2.33. The maximum Gasteiger partial charge on any atom is 0.107 e. The average Bonchev–Trinajstić information content (AvgIpc) is 2.98. The molecule has 108 valence electrons. The monoisotopic (exact) mass is 275 g/mol. The summed E-state index contributed by atoms with van der Waals surface area (Å²) in [6.07, 6.45) is 3.89. The van der Waals surface area contributed by atoms with E-state index in [0.717, 1.165) is 38.5 Å². The molecule has 2 aliphatic rings. The highest BCUT2D eigenvalue weighted by Gasteiger charge is 2.06. The van der Waals surface area contributed by atoms with Gasteiger partial charge in [-0.05, 0) is 12.1 Å². The van der Waals surface area contributed by atoms with Crippen LogP contribution in [0.15, 0.2) is 24.5 Å². The van der Waals surface area contributed by atoms with Crippen molar-refractivity contribution >= 4 is 11.5 Å². The molecule has 0 aliphatic carbocycles. The van der Waals surface area contributed by atoms with Gasteiger partial charge < -0.3 is 30.7 Å². The number of H-pyrrole nitrogens is 2. The molecular formula is C14H21N5O. The van der Waals surface area contributed by atoms with Crippen LogP contribution in [-0.4, -0.2) is 36.2 Å². The van der Waals surface area contributed by atoms with Gasteiger partial charge in [0.2, 0.25) is 0 Å². The second-order valence-corrected chi connectivity index (χ2v) is 4.83. The third-order valence-electron chi connectivity index (χ3n) is 3.39. The molecule has 0 saturated carbocycles. The van der Waals surface area contributed by atoms with E-state index in [9.17, 15) is 0 Å². The summed E-state index contributed by atoms with van der Waals surface area (Å²) in [5.41, 5.74) is 3.66. The number of aromatic amines is 2. The molecule has 5 N–H and O–H groups in total. The van der Waals surface area contributed by atoms with E-state index in [1.165, 1.54) is 17.1 Å². The van der Waals surface area contributed by atoms with Crippen LogP contribution in [0.25, 0.3) is 0 Å². The summed E-state index contributed by atoms with van der Waals surface area (Å²) in [7, 11) is 0. The lowest BCUT2D eigenvalue weighted by molar-refractivity contribution is 0.132. The van der Waals surface area contributed by atoms with Gasteiger partial charge in [-0.15, -0.1) is 0 Å². The zero-order valence-corrected chi connectivity index (χ0v) is 11.5. The Hall–Kier alpha value is -1.92. The number of aromatic nitrogens is 2. The van der Waals surface area contributed by atoms with E-state index in [1.54, 1.807) is 0 Å². The Bertz CT molecular complexity index is 444. The summed E-state index contributed by atoms with van der Waals surface area (Å²) in [4.78, 5) is 6.26. The van der Waals surface area contributed by atoms with E-state index in [2.05, 4.69) is 32.0 Å². The van der Waals surface area contributed by atoms with E-state index < -0.39 is 0 Å². The minimum atomic E-state index is 0.704. The molecule has 0 spiro atoms. The molecule has 0 unspecified atom stereocenters. The van der Waals surface area contributed by atoms with Crippen LogP contribution in [0.4, 0.5) is 11.5 Å². The van der Waals surface area contributed by atoms with Crippen LogP contribution in [0.3, 0.4) is 0 Å². The highest BCUT2D eigenvalue weighted by atomic mass is 16.5. The van der Waals surface area contributed by atoms with Crippen molar-refractivity contribution < 1.29 is 4.74 Å². The Kier molecular flexibility index (Phi) is 4.25. The first-order valence-corrected chi connectivity index (χ1v) is 7.02. The third kappa shape index (κ3) is 3.15. The Morgan fingerprint density at radius 2 is 1.90 bits per heavy atom. The molecule has 0 fully saturated rings. The number of hydrogen-bond donors (Lipinski definition) is 5. The molecule has 6 heteroatoms. The van der Waals surface area contributed by atoms with Gasteiger partial charge in [0.25, 0.3) is 0 Å². The van der Waals surface area contributed by atoms with E-state index in [-0.39, 0.29) is 0 Å². The van der Waals surface area contributed by atoms with Crippen molar-refractivity contribution in [3.8, 4) is 0 Å². The van der Waals surface area contributed by atoms with Gasteiger partial charge in [-0.3, -0.25) is 0 Å². The zero-order chi connectivity index (χ0) is 13.6. The fraction of sp³-hybridized carbons (Fsp3) is 0.429. The molecule has 0 atom stereocenters. The first-order valence-electron chi connectivity index (χ1n) is 7.02. The second kappa shape index (κ2) is 6.49. The SMILES string of the molecule is c1cc2c([nH]1)COCCN2.c1cc2c([nH]1)NCCNC2. The van der Waals surface area contributed by atoms with Gasteiger partial charge in [0.05, 0.1) is 24.6 Å². The highest BCUT2D eigenvalue weighted by Crippen LogP contribution is 2.16. The molecule has 0 radical (unpaired) electrons. The Balaban J connectivity index is 0.000000121. The number of rotatable bonds is 0. The van der Waals surface area contributed by atoms with Crippen molar-refractivity contribution in [3.05, 3.63) is 35.8 Å². The molecule has 2 aromatic rings. The standard InChI is InChI=1S/C7H11N3.C7H10N2O/c1-2-9-7-6(1)5-8-3-4-10-7;1-2-8-7-5-10-4-3-9-6(1)7/h1-2,8-10H,3-5H2;1-2,8-9H,3-5H2. The van der Waals surface area contributed by atoms with Crippen molar-refractivity contribution in [1.29, 1.82) is 0 Å². The largest absolute Gasteiger partial charge is 0.381 e. The molecule has 0 bridgehead atoms. The molecule has 0 saturated heterocycles. The van der Waals surface area contributed by atoms with Crippen LogP contribution < -0.4 is 16.0 Å². The minimum Gasteiger partial charge on any atom is -0.381 e. The summed E-state index contributed by atoms with van der Waals surface area (Å²) in [6.45, 7) is 5.44. The summed E-state index contributed by atoms with van der Waals surface area (Å²) >= 11 is 0. The van der Waals surface area contributed by atoms with Gasteiger partial charge in [-0.1, -0.05) is 0 Å². The first kappa shape index (κ1) is 13.1. The summed E-state index contributed by atoms with van der Waals surface area (Å²) in [6, 6.07) is 4.13. The number of nitrogens with one attached hydrogen (secondary N) is 5. The highest BCUT2D eigenvalue weighted by molar-refractivity contribution is 5.48. The van der Waals surface area contributed by atoms with Crippen LogP contribution in [0.1, 0.15) is 11.3 Å². The molecule has 2 aromatic heterocycles. The lowest BCUT2D eigenvalue weighted by Crippen LogP contribution is -2.17. The maximum atomic E-state index is 5.29. The van der Waals surface area contributed by atoms with Gasteiger partial charge in [0.1, 0.15) is 5.82 Å². The molecule has 2 aliphatic heterocycles. The Morgan fingerprint density at radius 3 is 2.90 bits per heavy atom. The van der Waals surface area contributed by atoms with Gasteiger partial charge in [-0.2, -0.15) is 0 Å². The second-order valence-electron chi connectivity index (χ2n) is 4.83. The number of ether oxygens (including phenoxy) is 1. The van der Waals surface area contributed by atoms with Crippen LogP contribution in [0, 0.1) is 0 Å². The molecule has 6 nitrogen and oxygen atoms in total.